The van der Waals surface area contributed by atoms with E-state index in [1.807, 2.05) is 19.2 Å². The van der Waals surface area contributed by atoms with Gasteiger partial charge in [-0.3, -0.25) is 0 Å². The summed E-state index contributed by atoms with van der Waals surface area (Å²) in [5.41, 5.74) is 9.51. The first-order chi connectivity index (χ1) is 8.70. The van der Waals surface area contributed by atoms with E-state index in [9.17, 15) is 0 Å². The molecular weight excluding hydrogens is 222 g/mol. The topological polar surface area (TPSA) is 50.9 Å². The van der Waals surface area contributed by atoms with Crippen LogP contribution in [0, 0.1) is 6.92 Å². The fourth-order valence-electron chi connectivity index (χ4n) is 2.03. The standard InChI is InChI=1S/C15H19N3/c1-11-5-7-12(8-6-11)14(17-2)10-13-4-3-9-18-15(13)16/h3-9,14,17H,10H2,1-2H3,(H2,16,18). The highest BCUT2D eigenvalue weighted by molar-refractivity contribution is 5.40. The predicted octanol–water partition coefficient (Wildman–Crippen LogP) is 2.48. The number of aromatic nitrogens is 1. The van der Waals surface area contributed by atoms with E-state index in [4.69, 9.17) is 5.73 Å². The van der Waals surface area contributed by atoms with Gasteiger partial charge in [-0.05, 0) is 37.6 Å². The van der Waals surface area contributed by atoms with E-state index in [1.165, 1.54) is 11.1 Å². The molecule has 2 rings (SSSR count). The van der Waals surface area contributed by atoms with Crippen LogP contribution in [0.1, 0.15) is 22.7 Å². The Morgan fingerprint density at radius 3 is 2.56 bits per heavy atom. The molecule has 3 heteroatoms. The van der Waals surface area contributed by atoms with E-state index >= 15 is 0 Å². The first-order valence-corrected chi connectivity index (χ1v) is 6.14. The van der Waals surface area contributed by atoms with Gasteiger partial charge in [0.15, 0.2) is 0 Å². The summed E-state index contributed by atoms with van der Waals surface area (Å²) < 4.78 is 0. The van der Waals surface area contributed by atoms with Crippen molar-refractivity contribution in [1.82, 2.24) is 10.3 Å². The van der Waals surface area contributed by atoms with Crippen LogP contribution in [0.15, 0.2) is 42.6 Å². The minimum atomic E-state index is 0.261. The zero-order chi connectivity index (χ0) is 13.0. The predicted molar refractivity (Wildman–Crippen MR) is 75.3 cm³/mol. The lowest BCUT2D eigenvalue weighted by Crippen LogP contribution is -2.19. The molecular formula is C15H19N3. The van der Waals surface area contributed by atoms with Crippen LogP contribution in [0.3, 0.4) is 0 Å². The lowest BCUT2D eigenvalue weighted by atomic mass is 9.98. The Hall–Kier alpha value is -1.87. The van der Waals surface area contributed by atoms with Crippen LogP contribution < -0.4 is 11.1 Å². The SMILES string of the molecule is CNC(Cc1cccnc1N)c1ccc(C)cc1. The highest BCUT2D eigenvalue weighted by Gasteiger charge is 2.11. The molecule has 0 saturated heterocycles. The van der Waals surface area contributed by atoms with Crippen LogP contribution in [0.2, 0.25) is 0 Å². The van der Waals surface area contributed by atoms with Crippen LogP contribution >= 0.6 is 0 Å². The van der Waals surface area contributed by atoms with Crippen molar-refractivity contribution in [2.24, 2.45) is 0 Å². The number of rotatable bonds is 4. The highest BCUT2D eigenvalue weighted by Crippen LogP contribution is 2.20. The lowest BCUT2D eigenvalue weighted by molar-refractivity contribution is 0.592. The second-order valence-corrected chi connectivity index (χ2v) is 4.50. The van der Waals surface area contributed by atoms with Gasteiger partial charge >= 0.3 is 0 Å². The lowest BCUT2D eigenvalue weighted by Gasteiger charge is -2.17. The van der Waals surface area contributed by atoms with Crippen molar-refractivity contribution in [3.05, 3.63) is 59.3 Å². The molecule has 0 bridgehead atoms. The van der Waals surface area contributed by atoms with Crippen molar-refractivity contribution in [3.63, 3.8) is 0 Å². The number of nitrogens with two attached hydrogens (primary N) is 1. The molecule has 3 N–H and O–H groups in total. The molecule has 94 valence electrons. The molecule has 1 heterocycles. The maximum Gasteiger partial charge on any atom is 0.126 e. The number of hydrogen-bond acceptors (Lipinski definition) is 3. The average Bonchev–Trinajstić information content (AvgIpc) is 2.39. The quantitative estimate of drug-likeness (QED) is 0.864. The van der Waals surface area contributed by atoms with Gasteiger partial charge < -0.3 is 11.1 Å². The number of nitrogen functional groups attached to an aromatic ring is 1. The van der Waals surface area contributed by atoms with Crippen molar-refractivity contribution in [3.8, 4) is 0 Å². The summed E-state index contributed by atoms with van der Waals surface area (Å²) in [5, 5.41) is 3.33. The monoisotopic (exact) mass is 241 g/mol. The molecule has 1 unspecified atom stereocenters. The van der Waals surface area contributed by atoms with Gasteiger partial charge in [0.05, 0.1) is 0 Å². The third-order valence-corrected chi connectivity index (χ3v) is 3.18. The largest absolute Gasteiger partial charge is 0.383 e. The molecule has 0 aliphatic heterocycles. The van der Waals surface area contributed by atoms with Gasteiger partial charge in [-0.1, -0.05) is 35.9 Å². The number of nitrogens with zero attached hydrogens (tertiary/aromatic N) is 1. The number of anilines is 1. The molecule has 3 nitrogen and oxygen atoms in total. The van der Waals surface area contributed by atoms with Crippen molar-refractivity contribution >= 4 is 5.82 Å². The second kappa shape index (κ2) is 5.65. The highest BCUT2D eigenvalue weighted by atomic mass is 14.9. The summed E-state index contributed by atoms with van der Waals surface area (Å²) in [4.78, 5) is 4.12. The van der Waals surface area contributed by atoms with E-state index in [0.717, 1.165) is 12.0 Å². The summed E-state index contributed by atoms with van der Waals surface area (Å²) in [7, 11) is 1.97. The van der Waals surface area contributed by atoms with E-state index in [2.05, 4.69) is 41.5 Å². The summed E-state index contributed by atoms with van der Waals surface area (Å²) in [6.45, 7) is 2.09. The van der Waals surface area contributed by atoms with Gasteiger partial charge in [0.25, 0.3) is 0 Å². The molecule has 0 aliphatic rings. The molecule has 1 aromatic carbocycles. The first-order valence-electron chi connectivity index (χ1n) is 6.14. The molecule has 0 aliphatic carbocycles. The normalized spacial score (nSPS) is 12.3. The smallest absolute Gasteiger partial charge is 0.126 e. The first kappa shape index (κ1) is 12.6. The molecule has 0 fully saturated rings. The summed E-state index contributed by atoms with van der Waals surface area (Å²) in [6.07, 6.45) is 2.57. The van der Waals surface area contributed by atoms with Crippen molar-refractivity contribution in [2.75, 3.05) is 12.8 Å². The van der Waals surface area contributed by atoms with E-state index in [-0.39, 0.29) is 6.04 Å². The van der Waals surface area contributed by atoms with Gasteiger partial charge in [0.2, 0.25) is 0 Å². The molecule has 2 aromatic rings. The van der Waals surface area contributed by atoms with E-state index in [1.54, 1.807) is 6.20 Å². The van der Waals surface area contributed by atoms with Crippen LogP contribution in [0.4, 0.5) is 5.82 Å². The van der Waals surface area contributed by atoms with Crippen molar-refractivity contribution < 1.29 is 0 Å². The maximum atomic E-state index is 5.89. The van der Waals surface area contributed by atoms with Crippen LogP contribution in [-0.4, -0.2) is 12.0 Å². The minimum absolute atomic E-state index is 0.261. The Kier molecular flexibility index (Phi) is 3.95. The molecule has 1 aromatic heterocycles. The molecule has 0 radical (unpaired) electrons. The minimum Gasteiger partial charge on any atom is -0.383 e. The van der Waals surface area contributed by atoms with Gasteiger partial charge in [0.1, 0.15) is 5.82 Å². The Morgan fingerprint density at radius 2 is 1.94 bits per heavy atom. The second-order valence-electron chi connectivity index (χ2n) is 4.50. The fraction of sp³-hybridized carbons (Fsp3) is 0.267. The molecule has 0 spiro atoms. The molecule has 0 saturated carbocycles. The summed E-state index contributed by atoms with van der Waals surface area (Å²) in [5.74, 6) is 0.616. The zero-order valence-electron chi connectivity index (χ0n) is 10.9. The third kappa shape index (κ3) is 2.87. The van der Waals surface area contributed by atoms with Crippen LogP contribution in [-0.2, 0) is 6.42 Å². The Balaban J connectivity index is 2.20. The number of benzene rings is 1. The van der Waals surface area contributed by atoms with Crippen LogP contribution in [0.25, 0.3) is 0 Å². The Bertz CT molecular complexity index is 505. The average molecular weight is 241 g/mol. The van der Waals surface area contributed by atoms with Crippen molar-refractivity contribution in [2.45, 2.75) is 19.4 Å². The van der Waals surface area contributed by atoms with Gasteiger partial charge in [-0.25, -0.2) is 4.98 Å². The molecule has 18 heavy (non-hydrogen) atoms. The van der Waals surface area contributed by atoms with Crippen molar-refractivity contribution in [1.29, 1.82) is 0 Å². The number of pyridine rings is 1. The Morgan fingerprint density at radius 1 is 1.22 bits per heavy atom. The zero-order valence-corrected chi connectivity index (χ0v) is 10.9. The van der Waals surface area contributed by atoms with E-state index < -0.39 is 0 Å². The summed E-state index contributed by atoms with van der Waals surface area (Å²) >= 11 is 0. The van der Waals surface area contributed by atoms with Crippen LogP contribution in [0.5, 0.6) is 0 Å². The number of aryl methyl sites for hydroxylation is 1. The number of likely N-dealkylation sites (N-methyl/N-ethyl adjacent to an activating group) is 1. The van der Waals surface area contributed by atoms with Gasteiger partial charge in [0, 0.05) is 12.2 Å². The van der Waals surface area contributed by atoms with Gasteiger partial charge in [-0.15, -0.1) is 0 Å². The van der Waals surface area contributed by atoms with Gasteiger partial charge in [-0.2, -0.15) is 0 Å². The number of hydrogen-bond donors (Lipinski definition) is 2. The maximum absolute atomic E-state index is 5.89. The summed E-state index contributed by atoms with van der Waals surface area (Å²) in [6, 6.07) is 12.8. The third-order valence-electron chi connectivity index (χ3n) is 3.18. The Labute approximate surface area is 108 Å². The molecule has 0 amide bonds. The number of nitrogens with one attached hydrogen (secondary N) is 1. The van der Waals surface area contributed by atoms with E-state index in [0.29, 0.717) is 5.82 Å². The molecule has 1 atom stereocenters. The fourth-order valence-corrected chi connectivity index (χ4v) is 2.03.